The van der Waals surface area contributed by atoms with Crippen LogP contribution >= 0.6 is 0 Å². The second-order valence-corrected chi connectivity index (χ2v) is 2.15. The van der Waals surface area contributed by atoms with Crippen molar-refractivity contribution in [2.24, 2.45) is 0 Å². The molecule has 1 atom stereocenters. The molecule has 0 amide bonds. The van der Waals surface area contributed by atoms with Crippen LogP contribution < -0.4 is 5.32 Å². The summed E-state index contributed by atoms with van der Waals surface area (Å²) in [6.07, 6.45) is 3.97. The minimum Gasteiger partial charge on any atom is -0.314 e. The van der Waals surface area contributed by atoms with Gasteiger partial charge in [-0.05, 0) is 26.3 Å². The number of rotatable bonds is 0. The normalized spacial score (nSPS) is 33.0. The summed E-state index contributed by atoms with van der Waals surface area (Å²) in [5.74, 6) is 0. The van der Waals surface area contributed by atoms with E-state index in [0.717, 1.165) is 0 Å². The van der Waals surface area contributed by atoms with Crippen LogP contribution in [0.15, 0.2) is 0 Å². The SMILES string of the molecule is [CH2][C@H]1CCCCN1. The molecule has 0 aromatic rings. The van der Waals surface area contributed by atoms with E-state index in [1.165, 1.54) is 25.8 Å². The van der Waals surface area contributed by atoms with Crippen molar-refractivity contribution < 1.29 is 0 Å². The van der Waals surface area contributed by atoms with Crippen molar-refractivity contribution in [3.05, 3.63) is 6.92 Å². The monoisotopic (exact) mass is 98.1 g/mol. The van der Waals surface area contributed by atoms with Gasteiger partial charge in [0, 0.05) is 6.04 Å². The zero-order valence-electron chi connectivity index (χ0n) is 4.61. The lowest BCUT2D eigenvalue weighted by atomic mass is 10.1. The Balaban J connectivity index is 2.12. The molecule has 1 saturated heterocycles. The molecule has 1 rings (SSSR count). The third-order valence-corrected chi connectivity index (χ3v) is 1.41. The molecule has 0 saturated carbocycles. The van der Waals surface area contributed by atoms with Gasteiger partial charge < -0.3 is 5.32 Å². The van der Waals surface area contributed by atoms with E-state index < -0.39 is 0 Å². The zero-order chi connectivity index (χ0) is 5.11. The van der Waals surface area contributed by atoms with Gasteiger partial charge in [-0.1, -0.05) is 6.42 Å². The minimum absolute atomic E-state index is 0.536. The van der Waals surface area contributed by atoms with E-state index >= 15 is 0 Å². The van der Waals surface area contributed by atoms with Crippen molar-refractivity contribution in [2.45, 2.75) is 25.3 Å². The Bertz CT molecular complexity index is 46.1. The summed E-state index contributed by atoms with van der Waals surface area (Å²) in [5, 5.41) is 3.27. The minimum atomic E-state index is 0.536. The van der Waals surface area contributed by atoms with Gasteiger partial charge in [0.15, 0.2) is 0 Å². The molecule has 0 aromatic heterocycles. The average molecular weight is 98.2 g/mol. The van der Waals surface area contributed by atoms with Crippen LogP contribution in [0, 0.1) is 6.92 Å². The number of piperidine rings is 1. The Morgan fingerprint density at radius 3 is 2.57 bits per heavy atom. The van der Waals surface area contributed by atoms with Crippen LogP contribution in [0.5, 0.6) is 0 Å². The van der Waals surface area contributed by atoms with Crippen LogP contribution in [0.25, 0.3) is 0 Å². The van der Waals surface area contributed by atoms with E-state index in [4.69, 9.17) is 0 Å². The highest BCUT2D eigenvalue weighted by Crippen LogP contribution is 2.04. The summed E-state index contributed by atoms with van der Waals surface area (Å²) < 4.78 is 0. The lowest BCUT2D eigenvalue weighted by Crippen LogP contribution is -2.31. The third-order valence-electron chi connectivity index (χ3n) is 1.41. The Labute approximate surface area is 45.1 Å². The molecule has 1 N–H and O–H groups in total. The number of hydrogen-bond donors (Lipinski definition) is 1. The molecule has 1 aliphatic rings. The average Bonchev–Trinajstić information content (AvgIpc) is 1.69. The van der Waals surface area contributed by atoms with Gasteiger partial charge in [-0.25, -0.2) is 0 Å². The number of hydrogen-bond acceptors (Lipinski definition) is 1. The predicted octanol–water partition coefficient (Wildman–Crippen LogP) is 0.963. The van der Waals surface area contributed by atoms with Gasteiger partial charge in [0.05, 0.1) is 0 Å². The van der Waals surface area contributed by atoms with Crippen molar-refractivity contribution in [1.82, 2.24) is 5.32 Å². The Hall–Kier alpha value is -0.0400. The maximum Gasteiger partial charge on any atom is 0.00676 e. The van der Waals surface area contributed by atoms with Crippen molar-refractivity contribution in [3.63, 3.8) is 0 Å². The van der Waals surface area contributed by atoms with Crippen molar-refractivity contribution in [3.8, 4) is 0 Å². The van der Waals surface area contributed by atoms with Crippen LogP contribution in [-0.4, -0.2) is 12.6 Å². The maximum absolute atomic E-state index is 3.89. The summed E-state index contributed by atoms with van der Waals surface area (Å²) in [4.78, 5) is 0. The lowest BCUT2D eigenvalue weighted by molar-refractivity contribution is 0.452. The van der Waals surface area contributed by atoms with Crippen molar-refractivity contribution in [2.75, 3.05) is 6.54 Å². The molecule has 0 bridgehead atoms. The molecule has 41 valence electrons. The van der Waals surface area contributed by atoms with Crippen LogP contribution in [0.2, 0.25) is 0 Å². The van der Waals surface area contributed by atoms with Gasteiger partial charge in [0.25, 0.3) is 0 Å². The molecule has 1 nitrogen and oxygen atoms in total. The molecule has 1 heteroatoms. The fraction of sp³-hybridized carbons (Fsp3) is 0.833. The topological polar surface area (TPSA) is 12.0 Å². The second kappa shape index (κ2) is 2.31. The molecule has 0 aromatic carbocycles. The fourth-order valence-corrected chi connectivity index (χ4v) is 0.924. The summed E-state index contributed by atoms with van der Waals surface area (Å²) in [6.45, 7) is 5.06. The van der Waals surface area contributed by atoms with E-state index in [9.17, 15) is 0 Å². The van der Waals surface area contributed by atoms with Gasteiger partial charge in [0.1, 0.15) is 0 Å². The molecular formula is C6H12N. The highest BCUT2D eigenvalue weighted by Gasteiger charge is 2.04. The Kier molecular flexibility index (Phi) is 1.69. The van der Waals surface area contributed by atoms with Crippen LogP contribution in [0.3, 0.4) is 0 Å². The standard InChI is InChI=1S/C6H12N/c1-6-4-2-3-5-7-6/h6-7H,1-5H2/t6-/m0/s1. The summed E-state index contributed by atoms with van der Waals surface area (Å²) in [7, 11) is 0. The highest BCUT2D eigenvalue weighted by molar-refractivity contribution is 4.72. The fourth-order valence-electron chi connectivity index (χ4n) is 0.924. The molecule has 1 heterocycles. The van der Waals surface area contributed by atoms with Gasteiger partial charge in [-0.3, -0.25) is 0 Å². The zero-order valence-corrected chi connectivity index (χ0v) is 4.61. The first-order valence-corrected chi connectivity index (χ1v) is 2.96. The number of nitrogens with one attached hydrogen (secondary N) is 1. The lowest BCUT2D eigenvalue weighted by Gasteiger charge is -2.18. The summed E-state index contributed by atoms with van der Waals surface area (Å²) in [5.41, 5.74) is 0. The molecule has 7 heavy (non-hydrogen) atoms. The Morgan fingerprint density at radius 2 is 2.29 bits per heavy atom. The van der Waals surface area contributed by atoms with Crippen LogP contribution in [-0.2, 0) is 0 Å². The Morgan fingerprint density at radius 1 is 1.43 bits per heavy atom. The molecular weight excluding hydrogens is 86.1 g/mol. The molecule has 0 spiro atoms. The first-order chi connectivity index (χ1) is 3.39. The van der Waals surface area contributed by atoms with E-state index in [2.05, 4.69) is 12.2 Å². The molecule has 1 radical (unpaired) electrons. The molecule has 1 aliphatic heterocycles. The second-order valence-electron chi connectivity index (χ2n) is 2.15. The highest BCUT2D eigenvalue weighted by atomic mass is 14.9. The van der Waals surface area contributed by atoms with E-state index in [0.29, 0.717) is 6.04 Å². The van der Waals surface area contributed by atoms with Gasteiger partial charge in [0.2, 0.25) is 0 Å². The van der Waals surface area contributed by atoms with Crippen LogP contribution in [0.4, 0.5) is 0 Å². The molecule has 0 unspecified atom stereocenters. The van der Waals surface area contributed by atoms with Gasteiger partial charge in [-0.2, -0.15) is 0 Å². The first-order valence-electron chi connectivity index (χ1n) is 2.96. The smallest absolute Gasteiger partial charge is 0.00676 e. The summed E-state index contributed by atoms with van der Waals surface area (Å²) >= 11 is 0. The van der Waals surface area contributed by atoms with Crippen molar-refractivity contribution in [1.29, 1.82) is 0 Å². The van der Waals surface area contributed by atoms with E-state index in [1.54, 1.807) is 0 Å². The molecule has 1 fully saturated rings. The van der Waals surface area contributed by atoms with Crippen molar-refractivity contribution >= 4 is 0 Å². The van der Waals surface area contributed by atoms with Gasteiger partial charge >= 0.3 is 0 Å². The predicted molar refractivity (Wildman–Crippen MR) is 31.0 cm³/mol. The van der Waals surface area contributed by atoms with Crippen LogP contribution in [0.1, 0.15) is 19.3 Å². The van der Waals surface area contributed by atoms with E-state index in [-0.39, 0.29) is 0 Å². The first kappa shape index (κ1) is 5.10. The molecule has 0 aliphatic carbocycles. The van der Waals surface area contributed by atoms with E-state index in [1.807, 2.05) is 0 Å². The largest absolute Gasteiger partial charge is 0.314 e. The third kappa shape index (κ3) is 1.48. The van der Waals surface area contributed by atoms with Gasteiger partial charge in [-0.15, -0.1) is 0 Å². The summed E-state index contributed by atoms with van der Waals surface area (Å²) in [6, 6.07) is 0.536. The quantitative estimate of drug-likeness (QED) is 0.476. The maximum atomic E-state index is 3.89.